The van der Waals surface area contributed by atoms with Crippen molar-refractivity contribution in [2.75, 3.05) is 0 Å². The van der Waals surface area contributed by atoms with Gasteiger partial charge < -0.3 is 14.4 Å². The molecule has 1 aromatic carbocycles. The minimum atomic E-state index is -1.19. The van der Waals surface area contributed by atoms with Crippen LogP contribution in [0.2, 0.25) is 0 Å². The fraction of sp³-hybridized carbons (Fsp3) is 0.481. The summed E-state index contributed by atoms with van der Waals surface area (Å²) in [5, 5.41) is 23.0. The van der Waals surface area contributed by atoms with Crippen LogP contribution in [0.4, 0.5) is 4.39 Å². The molecule has 0 bridgehead atoms. The molecule has 1 atom stereocenters. The molecule has 2 aromatic heterocycles. The van der Waals surface area contributed by atoms with Crippen molar-refractivity contribution in [3.05, 3.63) is 58.2 Å². The summed E-state index contributed by atoms with van der Waals surface area (Å²) in [7, 11) is 0. The third kappa shape index (κ3) is 7.14. The van der Waals surface area contributed by atoms with Gasteiger partial charge in [-0.15, -0.1) is 0 Å². The summed E-state index contributed by atoms with van der Waals surface area (Å²) in [5.74, 6) is -0.958. The van der Waals surface area contributed by atoms with Crippen molar-refractivity contribution in [1.82, 2.24) is 15.4 Å². The Morgan fingerprint density at radius 2 is 2.00 bits per heavy atom. The zero-order chi connectivity index (χ0) is 25.1. The van der Waals surface area contributed by atoms with Gasteiger partial charge in [-0.25, -0.2) is 4.39 Å². The Morgan fingerprint density at radius 3 is 2.64 bits per heavy atom. The number of aromatic nitrogens is 3. The summed E-state index contributed by atoms with van der Waals surface area (Å²) in [6, 6.07) is 6.75. The number of hydrogen-bond acceptors (Lipinski definition) is 6. The first-order chi connectivity index (χ1) is 16.7. The Labute approximate surface area is 232 Å². The number of aliphatic carboxylic acids is 1. The number of rotatable bonds is 12. The number of halogens is 1. The Kier molecular flexibility index (Phi) is 9.66. The quantitative estimate of drug-likeness (QED) is 0.374. The first-order valence-corrected chi connectivity index (χ1v) is 12.2. The third-order valence-electron chi connectivity index (χ3n) is 6.39. The van der Waals surface area contributed by atoms with Gasteiger partial charge in [0.1, 0.15) is 17.3 Å². The van der Waals surface area contributed by atoms with E-state index in [0.29, 0.717) is 28.6 Å². The first-order valence-electron chi connectivity index (χ1n) is 12.2. The van der Waals surface area contributed by atoms with E-state index in [1.165, 1.54) is 6.07 Å². The van der Waals surface area contributed by atoms with Gasteiger partial charge in [-0.3, -0.25) is 9.89 Å². The van der Waals surface area contributed by atoms with Gasteiger partial charge in [0.05, 0.1) is 5.69 Å². The van der Waals surface area contributed by atoms with E-state index in [1.807, 2.05) is 6.07 Å². The van der Waals surface area contributed by atoms with Crippen molar-refractivity contribution in [2.24, 2.45) is 5.92 Å². The summed E-state index contributed by atoms with van der Waals surface area (Å²) >= 11 is 0. The minimum Gasteiger partial charge on any atom is -0.550 e. The predicted octanol–water partition coefficient (Wildman–Crippen LogP) is 1.41. The number of Topliss-reactive ketones (excluding diaryl/α,β-unsaturated/α-hetero) is 1. The normalized spacial score (nSPS) is 14.0. The van der Waals surface area contributed by atoms with Gasteiger partial charge in [0.2, 0.25) is 0 Å². The van der Waals surface area contributed by atoms with Crippen LogP contribution >= 0.6 is 0 Å². The van der Waals surface area contributed by atoms with Crippen molar-refractivity contribution < 1.29 is 53.2 Å². The van der Waals surface area contributed by atoms with Gasteiger partial charge in [-0.05, 0) is 74.1 Å². The average Bonchev–Trinajstić information content (AvgIpc) is 3.36. The van der Waals surface area contributed by atoms with E-state index in [0.717, 1.165) is 36.1 Å². The second-order valence-electron chi connectivity index (χ2n) is 10.1. The van der Waals surface area contributed by atoms with Gasteiger partial charge in [0.15, 0.2) is 5.76 Å². The number of benzene rings is 1. The SMILES string of the molecule is Cc1ccc(CC(=O)C[C@H](CCC(=O)[O-])c2noc(-c3cc(CC(C)C)[nH]n3)c2C2CC2)c(F)c1.[Na+]. The fourth-order valence-corrected chi connectivity index (χ4v) is 4.56. The second kappa shape index (κ2) is 12.3. The minimum absolute atomic E-state index is 0. The van der Waals surface area contributed by atoms with Crippen LogP contribution < -0.4 is 34.7 Å². The summed E-state index contributed by atoms with van der Waals surface area (Å²) in [6.07, 6.45) is 2.77. The van der Waals surface area contributed by atoms with Crippen LogP contribution in [0.1, 0.15) is 85.9 Å². The fourth-order valence-electron chi connectivity index (χ4n) is 4.56. The predicted molar refractivity (Wildman–Crippen MR) is 126 cm³/mol. The monoisotopic (exact) mass is 503 g/mol. The molecule has 4 rings (SSSR count). The van der Waals surface area contributed by atoms with Crippen LogP contribution in [0, 0.1) is 18.7 Å². The van der Waals surface area contributed by atoms with E-state index in [-0.39, 0.29) is 66.9 Å². The van der Waals surface area contributed by atoms with Gasteiger partial charge in [-0.2, -0.15) is 5.10 Å². The molecule has 7 nitrogen and oxygen atoms in total. The molecule has 0 aliphatic heterocycles. The Hall–Kier alpha value is -2.29. The summed E-state index contributed by atoms with van der Waals surface area (Å²) < 4.78 is 20.1. The zero-order valence-electron chi connectivity index (χ0n) is 21.4. The standard InChI is InChI=1S/C27H32FN3O4.Na/c1-15(2)10-20-14-23(30-29-20)27-25(17-6-7-17)26(31-35-27)19(8-9-24(33)34)13-21(32)12-18-5-4-16(3)11-22(18)28;/h4-5,11,14-15,17,19H,6-10,12-13H2,1-3H3,(H,29,30)(H,33,34);/q;+1/p-1/t19-;/m0./s1. The molecule has 36 heavy (non-hydrogen) atoms. The van der Waals surface area contributed by atoms with Crippen LogP contribution in [0.5, 0.6) is 0 Å². The molecule has 3 aromatic rings. The first kappa shape index (κ1) is 28.3. The summed E-state index contributed by atoms with van der Waals surface area (Å²) in [6.45, 7) is 6.05. The molecule has 0 radical (unpaired) electrons. The molecular weight excluding hydrogens is 472 g/mol. The third-order valence-corrected chi connectivity index (χ3v) is 6.39. The number of nitrogens with one attached hydrogen (secondary N) is 1. The van der Waals surface area contributed by atoms with E-state index in [1.54, 1.807) is 19.1 Å². The van der Waals surface area contributed by atoms with E-state index < -0.39 is 17.7 Å². The van der Waals surface area contributed by atoms with Gasteiger partial charge in [-0.1, -0.05) is 31.1 Å². The molecule has 186 valence electrons. The molecule has 0 spiro atoms. The molecule has 1 aliphatic rings. The molecule has 0 unspecified atom stereocenters. The molecule has 1 fully saturated rings. The molecule has 9 heteroatoms. The van der Waals surface area contributed by atoms with Gasteiger partial charge >= 0.3 is 29.6 Å². The van der Waals surface area contributed by atoms with Crippen molar-refractivity contribution in [3.63, 3.8) is 0 Å². The topological polar surface area (TPSA) is 112 Å². The van der Waals surface area contributed by atoms with E-state index in [9.17, 15) is 19.1 Å². The smallest absolute Gasteiger partial charge is 0.550 e. The van der Waals surface area contributed by atoms with E-state index >= 15 is 0 Å². The number of nitrogens with zero attached hydrogens (tertiary/aromatic N) is 2. The van der Waals surface area contributed by atoms with Crippen molar-refractivity contribution >= 4 is 11.8 Å². The number of carboxylic acids is 1. The van der Waals surface area contributed by atoms with Crippen LogP contribution in [0.25, 0.3) is 11.5 Å². The molecule has 0 saturated heterocycles. The molecule has 0 amide bonds. The Morgan fingerprint density at radius 1 is 1.25 bits per heavy atom. The summed E-state index contributed by atoms with van der Waals surface area (Å²) in [4.78, 5) is 24.2. The largest absolute Gasteiger partial charge is 1.00 e. The number of aryl methyl sites for hydroxylation is 1. The number of carbonyl (C=O) groups is 2. The average molecular weight is 504 g/mol. The van der Waals surface area contributed by atoms with Gasteiger partial charge in [0, 0.05) is 36.0 Å². The van der Waals surface area contributed by atoms with Crippen molar-refractivity contribution in [3.8, 4) is 11.5 Å². The number of H-pyrrole nitrogens is 1. The number of aromatic amines is 1. The summed E-state index contributed by atoms with van der Waals surface area (Å²) in [5.41, 5.74) is 4.29. The number of carbonyl (C=O) groups excluding carboxylic acids is 2. The van der Waals surface area contributed by atoms with Crippen LogP contribution in [-0.4, -0.2) is 27.1 Å². The molecule has 2 heterocycles. The Balaban J connectivity index is 0.00000361. The maximum Gasteiger partial charge on any atom is 1.00 e. The van der Waals surface area contributed by atoms with Crippen LogP contribution in [0.3, 0.4) is 0 Å². The molecule has 1 saturated carbocycles. The number of ketones is 1. The van der Waals surface area contributed by atoms with Crippen LogP contribution in [-0.2, 0) is 22.4 Å². The molecule has 1 aliphatic carbocycles. The number of carboxylic acid groups (broad SMARTS) is 1. The van der Waals surface area contributed by atoms with E-state index in [2.05, 4.69) is 29.2 Å². The Bertz CT molecular complexity index is 1220. The maximum absolute atomic E-state index is 14.3. The second-order valence-corrected chi connectivity index (χ2v) is 10.1. The van der Waals surface area contributed by atoms with Crippen molar-refractivity contribution in [2.45, 2.75) is 77.6 Å². The van der Waals surface area contributed by atoms with Crippen molar-refractivity contribution in [1.29, 1.82) is 0 Å². The number of hydrogen-bond donors (Lipinski definition) is 1. The maximum atomic E-state index is 14.3. The van der Waals surface area contributed by atoms with Gasteiger partial charge in [0.25, 0.3) is 0 Å². The molecule has 1 N–H and O–H groups in total. The molecular formula is C27H31FN3NaO4. The zero-order valence-corrected chi connectivity index (χ0v) is 23.4. The van der Waals surface area contributed by atoms with Crippen LogP contribution in [0.15, 0.2) is 28.8 Å². The van der Waals surface area contributed by atoms with E-state index in [4.69, 9.17) is 4.52 Å².